The van der Waals surface area contributed by atoms with Crippen LogP contribution in [0, 0.1) is 23.3 Å². The number of halogens is 4. The Hall–Kier alpha value is -2.04. The fourth-order valence-electron chi connectivity index (χ4n) is 1.73. The summed E-state index contributed by atoms with van der Waals surface area (Å²) in [6.07, 6.45) is 0. The minimum absolute atomic E-state index is 0.269. The first-order valence-corrected chi connectivity index (χ1v) is 5.64. The molecule has 0 aromatic heterocycles. The Balaban J connectivity index is 2.23. The molecular weight excluding hydrogens is 258 g/mol. The monoisotopic (exact) mass is 269 g/mol. The van der Waals surface area contributed by atoms with Crippen molar-refractivity contribution in [1.82, 2.24) is 0 Å². The first-order chi connectivity index (χ1) is 8.97. The Bertz CT molecular complexity index is 581. The van der Waals surface area contributed by atoms with Crippen LogP contribution in [0.1, 0.15) is 18.5 Å². The first kappa shape index (κ1) is 13.4. The van der Waals surface area contributed by atoms with Gasteiger partial charge in [-0.3, -0.25) is 0 Å². The third-order valence-electron chi connectivity index (χ3n) is 2.74. The zero-order valence-electron chi connectivity index (χ0n) is 10.1. The highest BCUT2D eigenvalue weighted by molar-refractivity contribution is 5.47. The molecular formula is C14H11F4N. The van der Waals surface area contributed by atoms with Gasteiger partial charge >= 0.3 is 0 Å². The van der Waals surface area contributed by atoms with E-state index in [0.717, 1.165) is 6.07 Å². The molecule has 19 heavy (non-hydrogen) atoms. The molecule has 1 atom stereocenters. The Morgan fingerprint density at radius 2 is 1.53 bits per heavy atom. The zero-order valence-corrected chi connectivity index (χ0v) is 10.1. The summed E-state index contributed by atoms with van der Waals surface area (Å²) >= 11 is 0. The maximum Gasteiger partial charge on any atom is 0.182 e. The molecule has 0 aliphatic heterocycles. The molecule has 1 N–H and O–H groups in total. The molecule has 0 radical (unpaired) electrons. The summed E-state index contributed by atoms with van der Waals surface area (Å²) < 4.78 is 52.3. The van der Waals surface area contributed by atoms with Crippen LogP contribution in [0.5, 0.6) is 0 Å². The van der Waals surface area contributed by atoms with E-state index < -0.39 is 23.5 Å². The summed E-state index contributed by atoms with van der Waals surface area (Å²) in [6, 6.07) is 6.48. The van der Waals surface area contributed by atoms with Gasteiger partial charge in [0.15, 0.2) is 11.6 Å². The maximum absolute atomic E-state index is 13.5. The number of rotatable bonds is 3. The fourth-order valence-corrected chi connectivity index (χ4v) is 1.73. The normalized spacial score (nSPS) is 12.3. The van der Waals surface area contributed by atoms with Crippen LogP contribution in [0.4, 0.5) is 23.2 Å². The number of anilines is 1. The molecule has 0 aliphatic carbocycles. The third kappa shape index (κ3) is 3.05. The van der Waals surface area contributed by atoms with E-state index in [2.05, 4.69) is 5.32 Å². The molecule has 2 rings (SSSR count). The van der Waals surface area contributed by atoms with E-state index in [9.17, 15) is 17.6 Å². The van der Waals surface area contributed by atoms with Crippen LogP contribution < -0.4 is 5.32 Å². The predicted molar refractivity (Wildman–Crippen MR) is 64.8 cm³/mol. The van der Waals surface area contributed by atoms with Gasteiger partial charge in [0.2, 0.25) is 0 Å². The fraction of sp³-hybridized carbons (Fsp3) is 0.143. The minimum Gasteiger partial charge on any atom is -0.376 e. The van der Waals surface area contributed by atoms with Crippen molar-refractivity contribution in [1.29, 1.82) is 0 Å². The highest BCUT2D eigenvalue weighted by atomic mass is 19.2. The Morgan fingerprint density at radius 3 is 2.16 bits per heavy atom. The van der Waals surface area contributed by atoms with Crippen molar-refractivity contribution in [2.24, 2.45) is 0 Å². The number of nitrogens with one attached hydrogen (secondary N) is 1. The van der Waals surface area contributed by atoms with Crippen LogP contribution in [0.15, 0.2) is 36.4 Å². The van der Waals surface area contributed by atoms with Crippen molar-refractivity contribution in [3.05, 3.63) is 65.2 Å². The maximum atomic E-state index is 13.5. The predicted octanol–water partition coefficient (Wildman–Crippen LogP) is 4.42. The molecule has 2 aromatic rings. The summed E-state index contributed by atoms with van der Waals surface area (Å²) in [7, 11) is 0. The van der Waals surface area contributed by atoms with Crippen molar-refractivity contribution < 1.29 is 17.6 Å². The van der Waals surface area contributed by atoms with E-state index in [1.807, 2.05) is 0 Å². The van der Waals surface area contributed by atoms with Gasteiger partial charge in [-0.15, -0.1) is 0 Å². The molecule has 0 bridgehead atoms. The van der Waals surface area contributed by atoms with Gasteiger partial charge in [-0.2, -0.15) is 0 Å². The minimum atomic E-state index is -1.26. The molecule has 1 nitrogen and oxygen atoms in total. The molecule has 100 valence electrons. The summed E-state index contributed by atoms with van der Waals surface area (Å²) in [5, 5.41) is 2.65. The zero-order chi connectivity index (χ0) is 14.0. The van der Waals surface area contributed by atoms with Gasteiger partial charge in [-0.25, -0.2) is 17.6 Å². The summed E-state index contributed by atoms with van der Waals surface area (Å²) in [4.78, 5) is 0. The lowest BCUT2D eigenvalue weighted by molar-refractivity contribution is 0.496. The van der Waals surface area contributed by atoms with E-state index in [4.69, 9.17) is 0 Å². The van der Waals surface area contributed by atoms with Gasteiger partial charge in [-0.05, 0) is 24.6 Å². The molecule has 0 fully saturated rings. The van der Waals surface area contributed by atoms with Crippen molar-refractivity contribution in [2.75, 3.05) is 5.32 Å². The molecule has 0 amide bonds. The van der Waals surface area contributed by atoms with Crippen LogP contribution in [0.3, 0.4) is 0 Å². The molecule has 2 aromatic carbocycles. The van der Waals surface area contributed by atoms with E-state index >= 15 is 0 Å². The Morgan fingerprint density at radius 1 is 0.895 bits per heavy atom. The average Bonchev–Trinajstić information content (AvgIpc) is 2.36. The summed E-state index contributed by atoms with van der Waals surface area (Å²) in [6.45, 7) is 1.68. The number of benzene rings is 2. The van der Waals surface area contributed by atoms with E-state index in [1.165, 1.54) is 24.3 Å². The van der Waals surface area contributed by atoms with Crippen LogP contribution >= 0.6 is 0 Å². The quantitative estimate of drug-likeness (QED) is 0.642. The number of hydrogen-bond donors (Lipinski definition) is 1. The Kier molecular flexibility index (Phi) is 3.74. The highest BCUT2D eigenvalue weighted by Gasteiger charge is 2.14. The van der Waals surface area contributed by atoms with Crippen molar-refractivity contribution >= 4 is 5.69 Å². The molecule has 0 saturated heterocycles. The average molecular weight is 269 g/mol. The second kappa shape index (κ2) is 5.30. The van der Waals surface area contributed by atoms with Gasteiger partial charge in [0, 0.05) is 18.2 Å². The highest BCUT2D eigenvalue weighted by Crippen LogP contribution is 2.24. The number of hydrogen-bond acceptors (Lipinski definition) is 1. The second-order valence-corrected chi connectivity index (χ2v) is 4.17. The molecule has 0 saturated carbocycles. The lowest BCUT2D eigenvalue weighted by Gasteiger charge is -2.16. The topological polar surface area (TPSA) is 12.0 Å². The largest absolute Gasteiger partial charge is 0.376 e. The van der Waals surface area contributed by atoms with E-state index in [1.54, 1.807) is 6.92 Å². The first-order valence-electron chi connectivity index (χ1n) is 5.64. The van der Waals surface area contributed by atoms with Crippen LogP contribution in [-0.2, 0) is 0 Å². The van der Waals surface area contributed by atoms with Crippen molar-refractivity contribution in [3.63, 3.8) is 0 Å². The Labute approximate surface area is 107 Å². The van der Waals surface area contributed by atoms with Gasteiger partial charge < -0.3 is 5.32 Å². The van der Waals surface area contributed by atoms with Gasteiger partial charge in [0.25, 0.3) is 0 Å². The van der Waals surface area contributed by atoms with Crippen molar-refractivity contribution in [3.8, 4) is 0 Å². The standard InChI is InChI=1S/C14H11F4N/c1-8(9-2-4-10(15)5-3-9)19-13-7-11(16)6-12(17)14(13)18/h2-8,19H,1H3. The summed E-state index contributed by atoms with van der Waals surface area (Å²) in [5.41, 5.74) is 0.403. The molecule has 0 aliphatic rings. The third-order valence-corrected chi connectivity index (χ3v) is 2.74. The molecule has 0 heterocycles. The van der Waals surface area contributed by atoms with Crippen LogP contribution in [-0.4, -0.2) is 0 Å². The van der Waals surface area contributed by atoms with Gasteiger partial charge in [0.05, 0.1) is 5.69 Å². The SMILES string of the molecule is CC(Nc1cc(F)cc(F)c1F)c1ccc(F)cc1. The lowest BCUT2D eigenvalue weighted by Crippen LogP contribution is -2.09. The second-order valence-electron chi connectivity index (χ2n) is 4.17. The smallest absolute Gasteiger partial charge is 0.182 e. The van der Waals surface area contributed by atoms with Gasteiger partial charge in [0.1, 0.15) is 11.6 Å². The molecule has 1 unspecified atom stereocenters. The van der Waals surface area contributed by atoms with Crippen LogP contribution in [0.25, 0.3) is 0 Å². The van der Waals surface area contributed by atoms with E-state index in [0.29, 0.717) is 11.6 Å². The van der Waals surface area contributed by atoms with Crippen molar-refractivity contribution in [2.45, 2.75) is 13.0 Å². The van der Waals surface area contributed by atoms with Gasteiger partial charge in [-0.1, -0.05) is 12.1 Å². The summed E-state index contributed by atoms with van der Waals surface area (Å²) in [5.74, 6) is -3.66. The molecule has 0 spiro atoms. The van der Waals surface area contributed by atoms with E-state index in [-0.39, 0.29) is 11.5 Å². The molecule has 5 heteroatoms. The lowest BCUT2D eigenvalue weighted by atomic mass is 10.1. The van der Waals surface area contributed by atoms with Crippen LogP contribution in [0.2, 0.25) is 0 Å².